The second-order valence-electron chi connectivity index (χ2n) is 4.73. The highest BCUT2D eigenvalue weighted by atomic mass is 35.5. The standard InChI is InChI=1S/C16H11ClO4/c1-8-11-6-12(18)13(19)7-14(11)21-16(20)15(8)9-2-4-10(17)5-3-9/h2-7,18-19H,1H3. The first kappa shape index (κ1) is 13.5. The number of rotatable bonds is 1. The summed E-state index contributed by atoms with van der Waals surface area (Å²) in [7, 11) is 0. The fourth-order valence-corrected chi connectivity index (χ4v) is 2.45. The van der Waals surface area contributed by atoms with E-state index in [1.165, 1.54) is 12.1 Å². The number of fused-ring (bicyclic) bond motifs is 1. The van der Waals surface area contributed by atoms with Gasteiger partial charge in [-0.05, 0) is 36.2 Å². The molecule has 2 aromatic carbocycles. The van der Waals surface area contributed by atoms with E-state index in [4.69, 9.17) is 16.0 Å². The predicted molar refractivity (Wildman–Crippen MR) is 81.0 cm³/mol. The second kappa shape index (κ2) is 4.82. The van der Waals surface area contributed by atoms with Gasteiger partial charge in [0.25, 0.3) is 0 Å². The van der Waals surface area contributed by atoms with Crippen molar-refractivity contribution >= 4 is 22.6 Å². The molecule has 0 atom stereocenters. The van der Waals surface area contributed by atoms with Crippen molar-refractivity contribution in [2.24, 2.45) is 0 Å². The molecule has 0 fully saturated rings. The summed E-state index contributed by atoms with van der Waals surface area (Å²) in [4.78, 5) is 12.2. The molecule has 4 nitrogen and oxygen atoms in total. The number of benzene rings is 2. The summed E-state index contributed by atoms with van der Waals surface area (Å²) in [6.07, 6.45) is 0. The van der Waals surface area contributed by atoms with E-state index in [9.17, 15) is 15.0 Å². The van der Waals surface area contributed by atoms with Crippen LogP contribution in [-0.4, -0.2) is 10.2 Å². The van der Waals surface area contributed by atoms with E-state index >= 15 is 0 Å². The molecule has 0 amide bonds. The fourth-order valence-electron chi connectivity index (χ4n) is 2.32. The molecule has 2 N–H and O–H groups in total. The summed E-state index contributed by atoms with van der Waals surface area (Å²) in [6, 6.07) is 9.44. The molecule has 0 bridgehead atoms. The molecule has 0 spiro atoms. The molecule has 21 heavy (non-hydrogen) atoms. The van der Waals surface area contributed by atoms with Gasteiger partial charge in [-0.3, -0.25) is 0 Å². The van der Waals surface area contributed by atoms with Gasteiger partial charge in [0, 0.05) is 16.5 Å². The maximum atomic E-state index is 12.2. The van der Waals surface area contributed by atoms with Crippen LogP contribution < -0.4 is 5.63 Å². The summed E-state index contributed by atoms with van der Waals surface area (Å²) in [5, 5.41) is 20.2. The van der Waals surface area contributed by atoms with Crippen molar-refractivity contribution in [3.05, 3.63) is 57.4 Å². The summed E-state index contributed by atoms with van der Waals surface area (Å²) in [5.74, 6) is -0.592. The first-order valence-electron chi connectivity index (χ1n) is 6.22. The minimum atomic E-state index is -0.507. The number of halogens is 1. The third-order valence-electron chi connectivity index (χ3n) is 3.40. The number of phenols is 2. The number of aryl methyl sites for hydroxylation is 1. The van der Waals surface area contributed by atoms with Crippen LogP contribution >= 0.6 is 11.6 Å². The van der Waals surface area contributed by atoms with Gasteiger partial charge in [-0.1, -0.05) is 23.7 Å². The van der Waals surface area contributed by atoms with Gasteiger partial charge in [0.1, 0.15) is 5.58 Å². The molecular formula is C16H11ClO4. The minimum Gasteiger partial charge on any atom is -0.504 e. The maximum absolute atomic E-state index is 12.2. The van der Waals surface area contributed by atoms with Gasteiger partial charge in [-0.25, -0.2) is 4.79 Å². The van der Waals surface area contributed by atoms with Crippen molar-refractivity contribution in [3.8, 4) is 22.6 Å². The topological polar surface area (TPSA) is 70.7 Å². The molecule has 1 heterocycles. The number of phenolic OH excluding ortho intramolecular Hbond substituents is 2. The largest absolute Gasteiger partial charge is 0.504 e. The van der Waals surface area contributed by atoms with Crippen LogP contribution in [0, 0.1) is 6.92 Å². The Morgan fingerprint density at radius 1 is 1.05 bits per heavy atom. The zero-order valence-electron chi connectivity index (χ0n) is 11.1. The Kier molecular flexibility index (Phi) is 3.11. The molecular weight excluding hydrogens is 292 g/mol. The molecule has 0 aliphatic carbocycles. The van der Waals surface area contributed by atoms with Gasteiger partial charge in [-0.15, -0.1) is 0 Å². The number of hydrogen-bond donors (Lipinski definition) is 2. The zero-order valence-corrected chi connectivity index (χ0v) is 11.8. The van der Waals surface area contributed by atoms with Crippen LogP contribution in [0.25, 0.3) is 22.1 Å². The molecule has 3 aromatic rings. The summed E-state index contributed by atoms with van der Waals surface area (Å²) < 4.78 is 5.23. The summed E-state index contributed by atoms with van der Waals surface area (Å²) in [6.45, 7) is 1.76. The van der Waals surface area contributed by atoms with E-state index in [2.05, 4.69) is 0 Å². The lowest BCUT2D eigenvalue weighted by molar-refractivity contribution is 0.403. The first-order valence-corrected chi connectivity index (χ1v) is 6.60. The molecule has 0 unspecified atom stereocenters. The molecule has 0 saturated carbocycles. The van der Waals surface area contributed by atoms with E-state index in [0.717, 1.165) is 0 Å². The van der Waals surface area contributed by atoms with Gasteiger partial charge in [0.2, 0.25) is 0 Å². The van der Waals surface area contributed by atoms with E-state index in [1.807, 2.05) is 0 Å². The fraction of sp³-hybridized carbons (Fsp3) is 0.0625. The molecule has 5 heteroatoms. The Bertz CT molecular complexity index is 895. The molecule has 0 saturated heterocycles. The van der Waals surface area contributed by atoms with Crippen LogP contribution in [0.3, 0.4) is 0 Å². The summed E-state index contributed by atoms with van der Waals surface area (Å²) >= 11 is 5.85. The van der Waals surface area contributed by atoms with Crippen molar-refractivity contribution in [3.63, 3.8) is 0 Å². The average molecular weight is 303 g/mol. The minimum absolute atomic E-state index is 0.227. The van der Waals surface area contributed by atoms with Crippen LogP contribution in [-0.2, 0) is 0 Å². The van der Waals surface area contributed by atoms with E-state index < -0.39 is 5.63 Å². The first-order chi connectivity index (χ1) is 9.97. The van der Waals surface area contributed by atoms with Crippen LogP contribution in [0.2, 0.25) is 5.02 Å². The summed E-state index contributed by atoms with van der Waals surface area (Å²) in [5.41, 5.74) is 1.47. The van der Waals surface area contributed by atoms with Crippen molar-refractivity contribution in [1.82, 2.24) is 0 Å². The van der Waals surface area contributed by atoms with Crippen LogP contribution in [0.15, 0.2) is 45.6 Å². The van der Waals surface area contributed by atoms with Gasteiger partial charge in [-0.2, -0.15) is 0 Å². The second-order valence-corrected chi connectivity index (χ2v) is 5.17. The molecule has 3 rings (SSSR count). The lowest BCUT2D eigenvalue weighted by Gasteiger charge is -2.09. The third-order valence-corrected chi connectivity index (χ3v) is 3.65. The lowest BCUT2D eigenvalue weighted by atomic mass is 9.99. The monoisotopic (exact) mass is 302 g/mol. The van der Waals surface area contributed by atoms with Gasteiger partial charge >= 0.3 is 5.63 Å². The highest BCUT2D eigenvalue weighted by molar-refractivity contribution is 6.30. The van der Waals surface area contributed by atoms with Gasteiger partial charge in [0.05, 0.1) is 5.56 Å². The van der Waals surface area contributed by atoms with Gasteiger partial charge in [0.15, 0.2) is 11.5 Å². The number of aromatic hydroxyl groups is 2. The third kappa shape index (κ3) is 2.23. The van der Waals surface area contributed by atoms with E-state index in [-0.39, 0.29) is 17.1 Å². The Morgan fingerprint density at radius 2 is 1.67 bits per heavy atom. The molecule has 106 valence electrons. The van der Waals surface area contributed by atoms with Crippen molar-refractivity contribution in [1.29, 1.82) is 0 Å². The normalized spacial score (nSPS) is 11.0. The average Bonchev–Trinajstić information content (AvgIpc) is 2.43. The molecule has 0 aliphatic rings. The van der Waals surface area contributed by atoms with Crippen molar-refractivity contribution in [2.45, 2.75) is 6.92 Å². The Balaban J connectivity index is 2.36. The number of hydrogen-bond acceptors (Lipinski definition) is 4. The Morgan fingerprint density at radius 3 is 2.33 bits per heavy atom. The lowest BCUT2D eigenvalue weighted by Crippen LogP contribution is -2.05. The Labute approximate surface area is 124 Å². The molecule has 0 aliphatic heterocycles. The maximum Gasteiger partial charge on any atom is 0.344 e. The highest BCUT2D eigenvalue weighted by Crippen LogP contribution is 2.34. The quantitative estimate of drug-likeness (QED) is 0.529. The zero-order chi connectivity index (χ0) is 15.1. The van der Waals surface area contributed by atoms with E-state index in [0.29, 0.717) is 27.1 Å². The predicted octanol–water partition coefficient (Wildman–Crippen LogP) is 3.83. The smallest absolute Gasteiger partial charge is 0.344 e. The Hall–Kier alpha value is -2.46. The van der Waals surface area contributed by atoms with Crippen LogP contribution in [0.1, 0.15) is 5.56 Å². The van der Waals surface area contributed by atoms with Crippen molar-refractivity contribution < 1.29 is 14.6 Å². The van der Waals surface area contributed by atoms with E-state index in [1.54, 1.807) is 31.2 Å². The van der Waals surface area contributed by atoms with Gasteiger partial charge < -0.3 is 14.6 Å². The SMILES string of the molecule is Cc1c(-c2ccc(Cl)cc2)c(=O)oc2cc(O)c(O)cc12. The molecule has 0 radical (unpaired) electrons. The van der Waals surface area contributed by atoms with Crippen molar-refractivity contribution in [2.75, 3.05) is 0 Å². The van der Waals surface area contributed by atoms with Crippen LogP contribution in [0.4, 0.5) is 0 Å². The highest BCUT2D eigenvalue weighted by Gasteiger charge is 2.15. The molecule has 1 aromatic heterocycles. The van der Waals surface area contributed by atoms with Crippen LogP contribution in [0.5, 0.6) is 11.5 Å².